The Hall–Kier alpha value is -3.60. The molecule has 5 nitrogen and oxygen atoms in total. The fourth-order valence-corrected chi connectivity index (χ4v) is 2.70. The highest BCUT2D eigenvalue weighted by Gasteiger charge is 2.21. The van der Waals surface area contributed by atoms with Gasteiger partial charge in [0.05, 0.1) is 0 Å². The Bertz CT molecular complexity index is 941. The second-order valence-corrected chi connectivity index (χ2v) is 6.52. The maximum absolute atomic E-state index is 12.6. The first-order chi connectivity index (χ1) is 14.1. The van der Waals surface area contributed by atoms with Gasteiger partial charge in [0.2, 0.25) is 0 Å². The van der Waals surface area contributed by atoms with Gasteiger partial charge in [-0.2, -0.15) is 0 Å². The average Bonchev–Trinajstić information content (AvgIpc) is 2.77. The molecular formula is C24H23NO4. The van der Waals surface area contributed by atoms with Crippen LogP contribution >= 0.6 is 0 Å². The zero-order valence-corrected chi connectivity index (χ0v) is 16.2. The van der Waals surface area contributed by atoms with Crippen molar-refractivity contribution >= 4 is 11.9 Å². The summed E-state index contributed by atoms with van der Waals surface area (Å²) in [5, 5.41) is 2.77. The van der Waals surface area contributed by atoms with E-state index in [1.807, 2.05) is 60.7 Å². The molecule has 0 bridgehead atoms. The van der Waals surface area contributed by atoms with Crippen LogP contribution in [0.1, 0.15) is 28.4 Å². The Kier molecular flexibility index (Phi) is 7.00. The van der Waals surface area contributed by atoms with E-state index >= 15 is 0 Å². The summed E-state index contributed by atoms with van der Waals surface area (Å²) in [6.07, 6.45) is -0.923. The van der Waals surface area contributed by atoms with Gasteiger partial charge in [-0.3, -0.25) is 4.79 Å². The normalized spacial score (nSPS) is 11.3. The van der Waals surface area contributed by atoms with E-state index in [1.54, 1.807) is 31.2 Å². The molecule has 5 heteroatoms. The molecule has 0 saturated heterocycles. The van der Waals surface area contributed by atoms with Gasteiger partial charge in [-0.15, -0.1) is 0 Å². The molecule has 29 heavy (non-hydrogen) atoms. The number of carbonyl (C=O) groups is 2. The molecule has 3 rings (SSSR count). The maximum Gasteiger partial charge on any atom is 0.342 e. The van der Waals surface area contributed by atoms with E-state index in [0.717, 1.165) is 11.1 Å². The van der Waals surface area contributed by atoms with Crippen LogP contribution < -0.4 is 10.1 Å². The highest BCUT2D eigenvalue weighted by Crippen LogP contribution is 2.21. The number of para-hydroxylation sites is 1. The molecule has 0 aliphatic rings. The summed E-state index contributed by atoms with van der Waals surface area (Å²) in [4.78, 5) is 24.8. The molecule has 0 aliphatic carbocycles. The molecule has 0 spiro atoms. The van der Waals surface area contributed by atoms with Crippen LogP contribution in [-0.2, 0) is 22.7 Å². The van der Waals surface area contributed by atoms with E-state index in [1.165, 1.54) is 0 Å². The Balaban J connectivity index is 1.57. The summed E-state index contributed by atoms with van der Waals surface area (Å²) >= 11 is 0. The van der Waals surface area contributed by atoms with Gasteiger partial charge in [-0.05, 0) is 30.2 Å². The molecule has 0 saturated carbocycles. The van der Waals surface area contributed by atoms with Crippen LogP contribution in [0.25, 0.3) is 0 Å². The summed E-state index contributed by atoms with van der Waals surface area (Å²) in [5.74, 6) is -0.542. The molecule has 0 fully saturated rings. The topological polar surface area (TPSA) is 64.6 Å². The van der Waals surface area contributed by atoms with Crippen molar-refractivity contribution in [3.63, 3.8) is 0 Å². The van der Waals surface area contributed by atoms with Gasteiger partial charge in [-0.25, -0.2) is 4.79 Å². The molecule has 0 radical (unpaired) electrons. The summed E-state index contributed by atoms with van der Waals surface area (Å²) in [6, 6.07) is 26.1. The van der Waals surface area contributed by atoms with Crippen molar-refractivity contribution in [2.45, 2.75) is 26.2 Å². The van der Waals surface area contributed by atoms with Gasteiger partial charge in [0.1, 0.15) is 17.9 Å². The van der Waals surface area contributed by atoms with E-state index in [2.05, 4.69) is 5.32 Å². The first kappa shape index (κ1) is 20.1. The van der Waals surface area contributed by atoms with Crippen LogP contribution in [0.2, 0.25) is 0 Å². The van der Waals surface area contributed by atoms with Crippen LogP contribution in [0, 0.1) is 0 Å². The fourth-order valence-electron chi connectivity index (χ4n) is 2.70. The highest BCUT2D eigenvalue weighted by atomic mass is 16.5. The lowest BCUT2D eigenvalue weighted by Crippen LogP contribution is -2.35. The molecule has 1 unspecified atom stereocenters. The standard InChI is InChI=1S/C24H23NO4/c1-18(23(26)25-16-19-10-4-2-5-11-19)29-24(27)21-14-8-9-15-22(21)28-17-20-12-6-3-7-13-20/h2-15,18H,16-17H2,1H3,(H,25,26). The molecule has 1 N–H and O–H groups in total. The molecule has 1 atom stereocenters. The van der Waals surface area contributed by atoms with Gasteiger partial charge >= 0.3 is 5.97 Å². The smallest absolute Gasteiger partial charge is 0.342 e. The summed E-state index contributed by atoms with van der Waals surface area (Å²) in [7, 11) is 0. The number of ether oxygens (including phenoxy) is 2. The minimum atomic E-state index is -0.923. The predicted molar refractivity (Wildman–Crippen MR) is 110 cm³/mol. The maximum atomic E-state index is 12.6. The average molecular weight is 389 g/mol. The Morgan fingerprint density at radius 3 is 2.10 bits per heavy atom. The monoisotopic (exact) mass is 389 g/mol. The van der Waals surface area contributed by atoms with Crippen molar-refractivity contribution in [3.8, 4) is 5.75 Å². The number of carbonyl (C=O) groups excluding carboxylic acids is 2. The fraction of sp³-hybridized carbons (Fsp3) is 0.167. The molecule has 3 aromatic rings. The summed E-state index contributed by atoms with van der Waals surface area (Å²) in [6.45, 7) is 2.25. The van der Waals surface area contributed by atoms with E-state index in [0.29, 0.717) is 18.9 Å². The van der Waals surface area contributed by atoms with Gasteiger partial charge in [0.15, 0.2) is 6.10 Å². The predicted octanol–water partition coefficient (Wildman–Crippen LogP) is 4.13. The van der Waals surface area contributed by atoms with Crippen LogP contribution in [0.4, 0.5) is 0 Å². The largest absolute Gasteiger partial charge is 0.488 e. The summed E-state index contributed by atoms with van der Waals surface area (Å²) < 4.78 is 11.1. The second-order valence-electron chi connectivity index (χ2n) is 6.52. The molecule has 0 heterocycles. The quantitative estimate of drug-likeness (QED) is 0.589. The van der Waals surface area contributed by atoms with Crippen molar-refractivity contribution in [2.24, 2.45) is 0 Å². The van der Waals surface area contributed by atoms with E-state index in [-0.39, 0.29) is 11.5 Å². The third-order valence-electron chi connectivity index (χ3n) is 4.31. The zero-order chi connectivity index (χ0) is 20.5. The molecule has 3 aromatic carbocycles. The Morgan fingerprint density at radius 2 is 1.41 bits per heavy atom. The first-order valence-corrected chi connectivity index (χ1v) is 9.42. The lowest BCUT2D eigenvalue weighted by Gasteiger charge is -2.15. The van der Waals surface area contributed by atoms with Crippen LogP contribution in [-0.4, -0.2) is 18.0 Å². The number of benzene rings is 3. The lowest BCUT2D eigenvalue weighted by molar-refractivity contribution is -0.129. The molecule has 1 amide bonds. The van der Waals surface area contributed by atoms with Crippen LogP contribution in [0.15, 0.2) is 84.9 Å². The van der Waals surface area contributed by atoms with Gasteiger partial charge in [-0.1, -0.05) is 72.8 Å². The number of hydrogen-bond acceptors (Lipinski definition) is 4. The molecule has 148 valence electrons. The van der Waals surface area contributed by atoms with Gasteiger partial charge in [0, 0.05) is 6.54 Å². The van der Waals surface area contributed by atoms with Gasteiger partial charge < -0.3 is 14.8 Å². The molecule has 0 aliphatic heterocycles. The third kappa shape index (κ3) is 5.94. The number of nitrogens with one attached hydrogen (secondary N) is 1. The highest BCUT2D eigenvalue weighted by molar-refractivity contribution is 5.94. The van der Waals surface area contributed by atoms with Gasteiger partial charge in [0.25, 0.3) is 5.91 Å². The van der Waals surface area contributed by atoms with E-state index in [4.69, 9.17) is 9.47 Å². The van der Waals surface area contributed by atoms with E-state index in [9.17, 15) is 9.59 Å². The first-order valence-electron chi connectivity index (χ1n) is 9.42. The SMILES string of the molecule is CC(OC(=O)c1ccccc1OCc1ccccc1)C(=O)NCc1ccccc1. The number of amides is 1. The minimum absolute atomic E-state index is 0.283. The van der Waals surface area contributed by atoms with Crippen LogP contribution in [0.3, 0.4) is 0 Å². The number of esters is 1. The lowest BCUT2D eigenvalue weighted by atomic mass is 10.2. The number of rotatable bonds is 8. The second kappa shape index (κ2) is 10.1. The van der Waals surface area contributed by atoms with E-state index < -0.39 is 12.1 Å². The zero-order valence-electron chi connectivity index (χ0n) is 16.2. The van der Waals surface area contributed by atoms with Crippen molar-refractivity contribution in [1.82, 2.24) is 5.32 Å². The Labute approximate surface area is 170 Å². The minimum Gasteiger partial charge on any atom is -0.488 e. The van der Waals surface area contributed by atoms with Crippen molar-refractivity contribution in [3.05, 3.63) is 102 Å². The summed E-state index contributed by atoms with van der Waals surface area (Å²) in [5.41, 5.74) is 2.24. The van der Waals surface area contributed by atoms with Crippen molar-refractivity contribution in [1.29, 1.82) is 0 Å². The van der Waals surface area contributed by atoms with Crippen molar-refractivity contribution in [2.75, 3.05) is 0 Å². The molecule has 0 aromatic heterocycles. The Morgan fingerprint density at radius 1 is 0.828 bits per heavy atom. The van der Waals surface area contributed by atoms with Crippen molar-refractivity contribution < 1.29 is 19.1 Å². The van der Waals surface area contributed by atoms with Crippen LogP contribution in [0.5, 0.6) is 5.75 Å². The number of hydrogen-bond donors (Lipinski definition) is 1. The molecular weight excluding hydrogens is 366 g/mol. The third-order valence-corrected chi connectivity index (χ3v) is 4.31.